The number of hydrogen-bond acceptors (Lipinski definition) is 2. The molecule has 0 aromatic heterocycles. The summed E-state index contributed by atoms with van der Waals surface area (Å²) in [5, 5.41) is 6.85. The average molecular weight is 278 g/mol. The van der Waals surface area contributed by atoms with E-state index in [1.807, 2.05) is 0 Å². The third kappa shape index (κ3) is 2.95. The molecule has 0 aliphatic carbocycles. The Morgan fingerprint density at radius 1 is 1.29 bits per heavy atom. The van der Waals surface area contributed by atoms with Gasteiger partial charge in [0.2, 0.25) is 0 Å². The lowest BCUT2D eigenvalue weighted by Gasteiger charge is -2.24. The summed E-state index contributed by atoms with van der Waals surface area (Å²) in [6.07, 6.45) is 0. The minimum Gasteiger partial charge on any atom is -0.314 e. The highest BCUT2D eigenvalue weighted by molar-refractivity contribution is 9.10. The second-order valence-corrected chi connectivity index (χ2v) is 4.18. The smallest absolute Gasteiger partial charge is 0.0447 e. The maximum absolute atomic E-state index is 3.48. The summed E-state index contributed by atoms with van der Waals surface area (Å²) in [5.74, 6) is 0. The van der Waals surface area contributed by atoms with E-state index in [9.17, 15) is 0 Å². The zero-order valence-electron chi connectivity index (χ0n) is 7.79. The van der Waals surface area contributed by atoms with Gasteiger partial charge in [0.25, 0.3) is 0 Å². The molecule has 0 spiro atoms. The minimum absolute atomic E-state index is 0. The number of piperazine rings is 1. The fraction of sp³-hybridized carbons (Fsp3) is 0.400. The maximum atomic E-state index is 3.48. The lowest BCUT2D eigenvalue weighted by molar-refractivity contribution is 0.430. The number of halogens is 2. The van der Waals surface area contributed by atoms with Crippen molar-refractivity contribution in [3.05, 3.63) is 34.3 Å². The molecule has 1 aromatic rings. The van der Waals surface area contributed by atoms with E-state index in [0.29, 0.717) is 6.04 Å². The molecule has 0 saturated carbocycles. The molecule has 0 radical (unpaired) electrons. The highest BCUT2D eigenvalue weighted by Crippen LogP contribution is 2.18. The van der Waals surface area contributed by atoms with Gasteiger partial charge in [-0.25, -0.2) is 0 Å². The van der Waals surface area contributed by atoms with E-state index in [2.05, 4.69) is 50.8 Å². The molecule has 78 valence electrons. The summed E-state index contributed by atoms with van der Waals surface area (Å²) in [7, 11) is 0. The van der Waals surface area contributed by atoms with Crippen LogP contribution in [0.15, 0.2) is 28.7 Å². The fourth-order valence-corrected chi connectivity index (χ4v) is 2.03. The molecule has 14 heavy (non-hydrogen) atoms. The Balaban J connectivity index is 0.000000980. The molecule has 1 atom stereocenters. The van der Waals surface area contributed by atoms with Crippen molar-refractivity contribution in [3.63, 3.8) is 0 Å². The van der Waals surface area contributed by atoms with E-state index < -0.39 is 0 Å². The van der Waals surface area contributed by atoms with Gasteiger partial charge in [-0.2, -0.15) is 0 Å². The van der Waals surface area contributed by atoms with Crippen LogP contribution in [0.25, 0.3) is 0 Å². The molecule has 4 heteroatoms. The molecular weight excluding hydrogens is 263 g/mol. The Hall–Kier alpha value is -0.0900. The predicted molar refractivity (Wildman–Crippen MR) is 65.0 cm³/mol. The van der Waals surface area contributed by atoms with Crippen LogP contribution in [0.3, 0.4) is 0 Å². The normalized spacial score (nSPS) is 21.4. The van der Waals surface area contributed by atoms with Crippen LogP contribution in [0, 0.1) is 0 Å². The fourth-order valence-electron chi connectivity index (χ4n) is 1.61. The minimum atomic E-state index is 0. The Morgan fingerprint density at radius 2 is 2.14 bits per heavy atom. The molecular formula is C10H14BrClN2. The second-order valence-electron chi connectivity index (χ2n) is 3.27. The van der Waals surface area contributed by atoms with Gasteiger partial charge in [-0.05, 0) is 17.7 Å². The monoisotopic (exact) mass is 276 g/mol. The first-order chi connectivity index (χ1) is 6.36. The van der Waals surface area contributed by atoms with Crippen molar-refractivity contribution in [2.45, 2.75) is 6.04 Å². The zero-order chi connectivity index (χ0) is 9.10. The first kappa shape index (κ1) is 12.0. The van der Waals surface area contributed by atoms with Crippen LogP contribution < -0.4 is 10.6 Å². The van der Waals surface area contributed by atoms with E-state index >= 15 is 0 Å². The number of rotatable bonds is 1. The van der Waals surface area contributed by atoms with Crippen molar-refractivity contribution in [1.29, 1.82) is 0 Å². The van der Waals surface area contributed by atoms with Crippen LogP contribution in [-0.4, -0.2) is 19.6 Å². The molecule has 2 nitrogen and oxygen atoms in total. The van der Waals surface area contributed by atoms with Gasteiger partial charge in [0.05, 0.1) is 0 Å². The van der Waals surface area contributed by atoms with Crippen LogP contribution in [0.5, 0.6) is 0 Å². The molecule has 1 fully saturated rings. The third-order valence-electron chi connectivity index (χ3n) is 2.29. The van der Waals surface area contributed by atoms with Gasteiger partial charge in [0, 0.05) is 30.1 Å². The molecule has 1 aliphatic heterocycles. The molecule has 0 bridgehead atoms. The van der Waals surface area contributed by atoms with E-state index in [4.69, 9.17) is 0 Å². The Kier molecular flexibility index (Phi) is 4.89. The van der Waals surface area contributed by atoms with E-state index in [0.717, 1.165) is 24.1 Å². The lowest BCUT2D eigenvalue weighted by atomic mass is 10.1. The van der Waals surface area contributed by atoms with E-state index in [-0.39, 0.29) is 12.4 Å². The van der Waals surface area contributed by atoms with Crippen LogP contribution >= 0.6 is 28.3 Å². The molecule has 2 rings (SSSR count). The van der Waals surface area contributed by atoms with Gasteiger partial charge in [0.1, 0.15) is 0 Å². The zero-order valence-corrected chi connectivity index (χ0v) is 10.2. The predicted octanol–water partition coefficient (Wildman–Crippen LogP) is 2.10. The maximum Gasteiger partial charge on any atom is 0.0447 e. The highest BCUT2D eigenvalue weighted by atomic mass is 79.9. The number of benzene rings is 1. The van der Waals surface area contributed by atoms with Crippen molar-refractivity contribution in [2.24, 2.45) is 0 Å². The molecule has 1 aromatic carbocycles. The molecule has 1 aliphatic rings. The lowest BCUT2D eigenvalue weighted by Crippen LogP contribution is -2.42. The summed E-state index contributed by atoms with van der Waals surface area (Å²) in [6, 6.07) is 8.93. The topological polar surface area (TPSA) is 24.1 Å². The SMILES string of the molecule is Brc1cccc([C@H]2CNCCN2)c1.Cl. The van der Waals surface area contributed by atoms with Gasteiger partial charge in [-0.1, -0.05) is 28.1 Å². The molecule has 2 N–H and O–H groups in total. The van der Waals surface area contributed by atoms with Crippen LogP contribution in [0.2, 0.25) is 0 Å². The Morgan fingerprint density at radius 3 is 2.79 bits per heavy atom. The van der Waals surface area contributed by atoms with E-state index in [1.54, 1.807) is 0 Å². The van der Waals surface area contributed by atoms with Gasteiger partial charge in [-0.15, -0.1) is 12.4 Å². The van der Waals surface area contributed by atoms with Crippen LogP contribution in [0.1, 0.15) is 11.6 Å². The Bertz CT molecular complexity index is 287. The molecule has 1 saturated heterocycles. The van der Waals surface area contributed by atoms with Gasteiger partial charge >= 0.3 is 0 Å². The number of hydrogen-bond donors (Lipinski definition) is 2. The third-order valence-corrected chi connectivity index (χ3v) is 2.79. The highest BCUT2D eigenvalue weighted by Gasteiger charge is 2.13. The van der Waals surface area contributed by atoms with Gasteiger partial charge in [0.15, 0.2) is 0 Å². The van der Waals surface area contributed by atoms with Crippen molar-refractivity contribution >= 4 is 28.3 Å². The summed E-state index contributed by atoms with van der Waals surface area (Å²) in [5.41, 5.74) is 1.35. The molecule has 0 amide bonds. The summed E-state index contributed by atoms with van der Waals surface area (Å²) in [6.45, 7) is 3.15. The molecule has 1 heterocycles. The standard InChI is InChI=1S/C10H13BrN2.ClH/c11-9-3-1-2-8(6-9)10-7-12-4-5-13-10;/h1-3,6,10,12-13H,4-5,7H2;1H/t10-;/m1./s1. The van der Waals surface area contributed by atoms with Crippen molar-refractivity contribution in [3.8, 4) is 0 Å². The van der Waals surface area contributed by atoms with Gasteiger partial charge in [-0.3, -0.25) is 0 Å². The van der Waals surface area contributed by atoms with Crippen molar-refractivity contribution in [2.75, 3.05) is 19.6 Å². The van der Waals surface area contributed by atoms with Crippen LogP contribution in [0.4, 0.5) is 0 Å². The largest absolute Gasteiger partial charge is 0.314 e. The summed E-state index contributed by atoms with van der Waals surface area (Å²) >= 11 is 3.48. The quantitative estimate of drug-likeness (QED) is 0.821. The van der Waals surface area contributed by atoms with Gasteiger partial charge < -0.3 is 10.6 Å². The summed E-state index contributed by atoms with van der Waals surface area (Å²) in [4.78, 5) is 0. The summed E-state index contributed by atoms with van der Waals surface area (Å²) < 4.78 is 1.15. The first-order valence-electron chi connectivity index (χ1n) is 4.56. The Labute approximate surface area is 99.0 Å². The van der Waals surface area contributed by atoms with Crippen molar-refractivity contribution < 1.29 is 0 Å². The first-order valence-corrected chi connectivity index (χ1v) is 5.35. The van der Waals surface area contributed by atoms with Crippen LogP contribution in [-0.2, 0) is 0 Å². The average Bonchev–Trinajstić information content (AvgIpc) is 2.19. The second kappa shape index (κ2) is 5.71. The van der Waals surface area contributed by atoms with E-state index in [1.165, 1.54) is 5.56 Å². The number of nitrogens with one attached hydrogen (secondary N) is 2. The molecule has 0 unspecified atom stereocenters. The van der Waals surface area contributed by atoms with Crippen molar-refractivity contribution in [1.82, 2.24) is 10.6 Å².